The van der Waals surface area contributed by atoms with Crippen molar-refractivity contribution in [1.82, 2.24) is 0 Å². The monoisotopic (exact) mass is 354 g/mol. The van der Waals surface area contributed by atoms with Gasteiger partial charge in [0.15, 0.2) is 6.29 Å². The van der Waals surface area contributed by atoms with Crippen LogP contribution in [-0.2, 0) is 20.6 Å². The fourth-order valence-electron chi connectivity index (χ4n) is 3.80. The minimum atomic E-state index is -0.898. The van der Waals surface area contributed by atoms with Crippen LogP contribution in [0.1, 0.15) is 28.8 Å². The van der Waals surface area contributed by atoms with Crippen LogP contribution in [0.3, 0.4) is 0 Å². The summed E-state index contributed by atoms with van der Waals surface area (Å²) in [5.74, 6) is -0.382. The fourth-order valence-corrected chi connectivity index (χ4v) is 3.80. The highest BCUT2D eigenvalue weighted by molar-refractivity contribution is 5.89. The molecule has 2 saturated heterocycles. The van der Waals surface area contributed by atoms with Gasteiger partial charge in [-0.2, -0.15) is 0 Å². The van der Waals surface area contributed by atoms with Gasteiger partial charge in [0.25, 0.3) is 0 Å². The van der Waals surface area contributed by atoms with E-state index >= 15 is 0 Å². The highest BCUT2D eigenvalue weighted by atomic mass is 16.7. The van der Waals surface area contributed by atoms with Gasteiger partial charge in [0.2, 0.25) is 0 Å². The van der Waals surface area contributed by atoms with E-state index in [-0.39, 0.29) is 24.8 Å². The quantitative estimate of drug-likeness (QED) is 0.837. The molecule has 0 saturated carbocycles. The lowest BCUT2D eigenvalue weighted by molar-refractivity contribution is -0.176. The number of aliphatic hydroxyl groups is 1. The number of carbonyl (C=O) groups is 1. The molecule has 5 nitrogen and oxygen atoms in total. The molecule has 1 N–H and O–H groups in total. The zero-order chi connectivity index (χ0) is 18.0. The Bertz CT molecular complexity index is 748. The van der Waals surface area contributed by atoms with E-state index in [1.807, 2.05) is 36.4 Å². The number of aliphatic hydroxyl groups excluding tert-OH is 1. The molecule has 2 unspecified atom stereocenters. The van der Waals surface area contributed by atoms with E-state index in [9.17, 15) is 9.90 Å². The molecule has 5 heteroatoms. The molecule has 0 aromatic heterocycles. The molecule has 26 heavy (non-hydrogen) atoms. The van der Waals surface area contributed by atoms with Gasteiger partial charge in [-0.15, -0.1) is 0 Å². The van der Waals surface area contributed by atoms with Crippen LogP contribution in [0, 0.1) is 0 Å². The number of esters is 1. The summed E-state index contributed by atoms with van der Waals surface area (Å²) >= 11 is 0. The number of ether oxygens (including phenoxy) is 3. The van der Waals surface area contributed by atoms with Gasteiger partial charge in [-0.1, -0.05) is 48.5 Å². The highest BCUT2D eigenvalue weighted by Crippen LogP contribution is 2.42. The van der Waals surface area contributed by atoms with Crippen LogP contribution < -0.4 is 0 Å². The molecular formula is C21H22O5. The summed E-state index contributed by atoms with van der Waals surface area (Å²) in [7, 11) is 0. The van der Waals surface area contributed by atoms with E-state index in [4.69, 9.17) is 14.2 Å². The van der Waals surface area contributed by atoms with E-state index in [1.54, 1.807) is 24.3 Å². The van der Waals surface area contributed by atoms with Gasteiger partial charge in [-0.05, 0) is 17.7 Å². The molecule has 0 amide bonds. The predicted molar refractivity (Wildman–Crippen MR) is 94.6 cm³/mol. The summed E-state index contributed by atoms with van der Waals surface area (Å²) in [6, 6.07) is 18.9. The van der Waals surface area contributed by atoms with E-state index in [2.05, 4.69) is 0 Å². The minimum absolute atomic E-state index is 0.114. The maximum absolute atomic E-state index is 12.2. The zero-order valence-electron chi connectivity index (χ0n) is 14.4. The number of rotatable bonds is 5. The summed E-state index contributed by atoms with van der Waals surface area (Å²) in [4.78, 5) is 12.2. The summed E-state index contributed by atoms with van der Waals surface area (Å²) in [6.45, 7) is 0.114. The first-order valence-corrected chi connectivity index (χ1v) is 8.91. The van der Waals surface area contributed by atoms with Crippen LogP contribution >= 0.6 is 0 Å². The lowest BCUT2D eigenvalue weighted by atomic mass is 9.91. The van der Waals surface area contributed by atoms with Crippen LogP contribution in [0.4, 0.5) is 0 Å². The third-order valence-corrected chi connectivity index (χ3v) is 5.02. The normalized spacial score (nSPS) is 30.1. The first-order chi connectivity index (χ1) is 12.6. The van der Waals surface area contributed by atoms with Crippen molar-refractivity contribution < 1.29 is 24.1 Å². The number of carbonyl (C=O) groups excluding carboxylic acids is 1. The van der Waals surface area contributed by atoms with Gasteiger partial charge < -0.3 is 19.3 Å². The Morgan fingerprint density at radius 2 is 1.77 bits per heavy atom. The molecular weight excluding hydrogens is 332 g/mol. The molecule has 4 atom stereocenters. The molecule has 2 aromatic carbocycles. The van der Waals surface area contributed by atoms with E-state index in [1.165, 1.54) is 0 Å². The summed E-state index contributed by atoms with van der Waals surface area (Å²) in [6.07, 6.45) is 0.358. The molecule has 2 aliphatic heterocycles. The van der Waals surface area contributed by atoms with Gasteiger partial charge in [0, 0.05) is 19.3 Å². The van der Waals surface area contributed by atoms with Crippen molar-refractivity contribution in [3.63, 3.8) is 0 Å². The molecule has 0 spiro atoms. The topological polar surface area (TPSA) is 65.0 Å². The molecule has 4 rings (SSSR count). The average Bonchev–Trinajstić information content (AvgIpc) is 2.91. The maximum Gasteiger partial charge on any atom is 0.338 e. The number of benzene rings is 2. The van der Waals surface area contributed by atoms with E-state index < -0.39 is 11.9 Å². The number of hydrogen-bond acceptors (Lipinski definition) is 5. The molecule has 136 valence electrons. The fraction of sp³-hybridized carbons (Fsp3) is 0.381. The van der Waals surface area contributed by atoms with Crippen molar-refractivity contribution in [2.45, 2.75) is 43.4 Å². The molecule has 0 aliphatic carbocycles. The highest BCUT2D eigenvalue weighted by Gasteiger charge is 2.53. The third-order valence-electron chi connectivity index (χ3n) is 5.02. The molecule has 2 aromatic rings. The average molecular weight is 354 g/mol. The zero-order valence-corrected chi connectivity index (χ0v) is 14.4. The Labute approximate surface area is 152 Å². The first kappa shape index (κ1) is 17.2. The summed E-state index contributed by atoms with van der Waals surface area (Å²) < 4.78 is 17.4. The van der Waals surface area contributed by atoms with Crippen LogP contribution in [0.2, 0.25) is 0 Å². The maximum atomic E-state index is 12.2. The van der Waals surface area contributed by atoms with Crippen LogP contribution in [0.25, 0.3) is 0 Å². The lowest BCUT2D eigenvalue weighted by Crippen LogP contribution is -2.43. The largest absolute Gasteiger partial charge is 0.459 e. The van der Waals surface area contributed by atoms with E-state index in [0.717, 1.165) is 5.56 Å². The molecule has 2 aliphatic rings. The van der Waals surface area contributed by atoms with Crippen molar-refractivity contribution >= 4 is 5.97 Å². The Balaban J connectivity index is 1.44. The minimum Gasteiger partial charge on any atom is -0.459 e. The Morgan fingerprint density at radius 1 is 1.08 bits per heavy atom. The van der Waals surface area contributed by atoms with Gasteiger partial charge in [0.05, 0.1) is 17.8 Å². The molecule has 2 bridgehead atoms. The van der Waals surface area contributed by atoms with Gasteiger partial charge in [-0.3, -0.25) is 0 Å². The predicted octanol–water partition coefficient (Wildman–Crippen LogP) is 2.72. The van der Waals surface area contributed by atoms with Crippen LogP contribution in [-0.4, -0.2) is 41.8 Å². The smallest absolute Gasteiger partial charge is 0.338 e. The summed E-state index contributed by atoms with van der Waals surface area (Å²) in [5.41, 5.74) is 0.970. The van der Waals surface area contributed by atoms with Crippen molar-refractivity contribution in [3.05, 3.63) is 71.8 Å². The second-order valence-corrected chi connectivity index (χ2v) is 7.01. The molecule has 0 radical (unpaired) electrons. The number of fused-ring (bicyclic) bond motifs is 2. The Hall–Kier alpha value is -2.21. The van der Waals surface area contributed by atoms with Crippen molar-refractivity contribution in [3.8, 4) is 0 Å². The van der Waals surface area contributed by atoms with Gasteiger partial charge >= 0.3 is 5.97 Å². The van der Waals surface area contributed by atoms with E-state index in [0.29, 0.717) is 24.8 Å². The van der Waals surface area contributed by atoms with Gasteiger partial charge in [0.1, 0.15) is 12.2 Å². The van der Waals surface area contributed by atoms with Crippen LogP contribution in [0.15, 0.2) is 60.7 Å². The van der Waals surface area contributed by atoms with Crippen molar-refractivity contribution in [2.75, 3.05) is 6.61 Å². The molecule has 2 heterocycles. The van der Waals surface area contributed by atoms with Crippen molar-refractivity contribution in [2.24, 2.45) is 0 Å². The van der Waals surface area contributed by atoms with Crippen LogP contribution in [0.5, 0.6) is 0 Å². The first-order valence-electron chi connectivity index (χ1n) is 8.91. The second-order valence-electron chi connectivity index (χ2n) is 7.01. The van der Waals surface area contributed by atoms with Gasteiger partial charge in [-0.25, -0.2) is 4.79 Å². The standard InChI is InChI=1S/C21H22O5/c22-19-13-21(14-24-20(23)16-9-5-2-6-10-16)12-18(25-19)17(26-21)11-15-7-3-1-4-8-15/h1-10,17-19,22H,11-14H2/t17-,18?,19?,21+/m0/s1. The second kappa shape index (κ2) is 7.19. The summed E-state index contributed by atoms with van der Waals surface area (Å²) in [5, 5.41) is 10.1. The molecule has 2 fully saturated rings. The SMILES string of the molecule is O=C(OC[C@]12CC(O)OC(C1)[C@H](Cc1ccccc1)O2)c1ccccc1. The number of hydrogen-bond donors (Lipinski definition) is 1. The lowest BCUT2D eigenvalue weighted by Gasteiger charge is -2.33. The Morgan fingerprint density at radius 3 is 2.50 bits per heavy atom. The third kappa shape index (κ3) is 3.65. The Kier molecular flexibility index (Phi) is 4.76. The van der Waals surface area contributed by atoms with Crippen molar-refractivity contribution in [1.29, 1.82) is 0 Å².